The lowest BCUT2D eigenvalue weighted by atomic mass is 9.98. The van der Waals surface area contributed by atoms with Gasteiger partial charge in [-0.25, -0.2) is 0 Å². The Morgan fingerprint density at radius 2 is 1.08 bits per heavy atom. The third-order valence-corrected chi connectivity index (χ3v) is 10.2. The second-order valence-electron chi connectivity index (χ2n) is 14.2. The normalized spacial score (nSPS) is 28.6. The predicted molar refractivity (Wildman–Crippen MR) is 194 cm³/mol. The predicted octanol–water partition coefficient (Wildman–Crippen LogP) is 7.30. The van der Waals surface area contributed by atoms with Gasteiger partial charge in [0.25, 0.3) is 0 Å². The minimum absolute atomic E-state index is 0.000932. The van der Waals surface area contributed by atoms with Crippen molar-refractivity contribution in [1.29, 1.82) is 0 Å². The molecular weight excluding hydrogens is 642 g/mol. The van der Waals surface area contributed by atoms with Crippen molar-refractivity contribution < 1.29 is 33.2 Å². The minimum atomic E-state index is -0.695. The molecule has 270 valence electrons. The van der Waals surface area contributed by atoms with Crippen LogP contribution in [-0.2, 0) is 59.5 Å². The Hall–Kier alpha value is -3.44. The molecule has 51 heavy (non-hydrogen) atoms. The molecule has 3 heterocycles. The lowest BCUT2D eigenvalue weighted by Crippen LogP contribution is -2.42. The second kappa shape index (κ2) is 16.9. The van der Waals surface area contributed by atoms with Gasteiger partial charge in [-0.15, -0.1) is 0 Å². The topological polar surface area (TPSA) is 67.9 Å². The molecule has 0 spiro atoms. The lowest BCUT2D eigenvalue weighted by molar-refractivity contribution is -0.228. The first kappa shape index (κ1) is 35.9. The molecule has 0 bridgehead atoms. The average molecular weight is 694 g/mol. The van der Waals surface area contributed by atoms with Crippen LogP contribution in [0.3, 0.4) is 0 Å². The smallest absolute Gasteiger partial charge is 0.186 e. The molecule has 4 aromatic rings. The first-order valence-corrected chi connectivity index (χ1v) is 18.2. The Morgan fingerprint density at radius 1 is 0.588 bits per heavy atom. The molecule has 0 unspecified atom stereocenters. The van der Waals surface area contributed by atoms with Crippen molar-refractivity contribution in [2.24, 2.45) is 0 Å². The van der Waals surface area contributed by atoms with Crippen molar-refractivity contribution >= 4 is 0 Å². The van der Waals surface area contributed by atoms with Crippen LogP contribution < -0.4 is 0 Å². The summed E-state index contributed by atoms with van der Waals surface area (Å²) in [6, 6.07) is 41.7. The number of fused-ring (bicyclic) bond motifs is 1. The third-order valence-electron chi connectivity index (χ3n) is 10.2. The summed E-state index contributed by atoms with van der Waals surface area (Å²) in [6.45, 7) is 6.60. The van der Waals surface area contributed by atoms with Crippen LogP contribution in [0.25, 0.3) is 0 Å². The van der Waals surface area contributed by atoms with Gasteiger partial charge in [0.1, 0.15) is 24.4 Å². The fraction of sp³-hybridized carbons (Fsp3) is 0.442. The number of benzene rings is 4. The molecule has 3 saturated heterocycles. The maximum atomic E-state index is 7.00. The first-order chi connectivity index (χ1) is 25.0. The van der Waals surface area contributed by atoms with Gasteiger partial charge >= 0.3 is 0 Å². The molecular formula is C43H51NO7. The summed E-state index contributed by atoms with van der Waals surface area (Å²) < 4.78 is 45.3. The second-order valence-corrected chi connectivity index (χ2v) is 14.2. The molecule has 0 N–H and O–H groups in total. The van der Waals surface area contributed by atoms with Crippen LogP contribution >= 0.6 is 0 Å². The Kier molecular flexibility index (Phi) is 11.9. The van der Waals surface area contributed by atoms with Gasteiger partial charge in [-0.05, 0) is 48.9 Å². The van der Waals surface area contributed by atoms with Crippen LogP contribution in [0.2, 0.25) is 0 Å². The van der Waals surface area contributed by atoms with E-state index in [1.54, 1.807) is 7.11 Å². The molecule has 3 fully saturated rings. The summed E-state index contributed by atoms with van der Waals surface area (Å²) in [7, 11) is 1.67. The van der Waals surface area contributed by atoms with E-state index >= 15 is 0 Å². The van der Waals surface area contributed by atoms with Gasteiger partial charge in [0.05, 0.1) is 38.6 Å². The highest BCUT2D eigenvalue weighted by Crippen LogP contribution is 2.42. The number of rotatable bonds is 16. The van der Waals surface area contributed by atoms with Gasteiger partial charge in [-0.1, -0.05) is 121 Å². The van der Waals surface area contributed by atoms with E-state index in [4.69, 9.17) is 33.2 Å². The Labute approximate surface area is 302 Å². The number of ether oxygens (including phenoxy) is 7. The molecule has 0 aliphatic carbocycles. The molecule has 4 aromatic carbocycles. The van der Waals surface area contributed by atoms with E-state index in [-0.39, 0.29) is 42.6 Å². The molecule has 8 atom stereocenters. The summed E-state index contributed by atoms with van der Waals surface area (Å²) in [4.78, 5) is 2.56. The molecule has 0 aromatic heterocycles. The van der Waals surface area contributed by atoms with Crippen LogP contribution in [-0.4, -0.2) is 73.3 Å². The van der Waals surface area contributed by atoms with E-state index in [0.29, 0.717) is 26.4 Å². The van der Waals surface area contributed by atoms with Crippen LogP contribution in [0.5, 0.6) is 0 Å². The van der Waals surface area contributed by atoms with Gasteiger partial charge in [-0.2, -0.15) is 0 Å². The summed E-state index contributed by atoms with van der Waals surface area (Å²) in [5.74, 6) is -0.695. The zero-order valence-corrected chi connectivity index (χ0v) is 29.9. The van der Waals surface area contributed by atoms with E-state index in [2.05, 4.69) is 108 Å². The third kappa shape index (κ3) is 8.96. The van der Waals surface area contributed by atoms with Crippen molar-refractivity contribution in [1.82, 2.24) is 4.90 Å². The number of likely N-dealkylation sites (tertiary alicyclic amines) is 1. The quantitative estimate of drug-likeness (QED) is 0.121. The summed E-state index contributed by atoms with van der Waals surface area (Å²) in [5, 5.41) is 0. The number of hydrogen-bond donors (Lipinski definition) is 0. The van der Waals surface area contributed by atoms with Crippen LogP contribution in [0, 0.1) is 0 Å². The van der Waals surface area contributed by atoms with Crippen LogP contribution in [0.4, 0.5) is 0 Å². The maximum absolute atomic E-state index is 7.00. The van der Waals surface area contributed by atoms with Gasteiger partial charge in [0.15, 0.2) is 12.1 Å². The largest absolute Gasteiger partial charge is 0.375 e. The monoisotopic (exact) mass is 693 g/mol. The minimum Gasteiger partial charge on any atom is -0.375 e. The Balaban J connectivity index is 1.20. The number of hydrogen-bond acceptors (Lipinski definition) is 8. The Morgan fingerprint density at radius 3 is 1.63 bits per heavy atom. The summed E-state index contributed by atoms with van der Waals surface area (Å²) in [6.07, 6.45) is -0.115. The molecule has 0 amide bonds. The highest BCUT2D eigenvalue weighted by Gasteiger charge is 2.56. The first-order valence-electron chi connectivity index (χ1n) is 18.2. The van der Waals surface area contributed by atoms with Crippen molar-refractivity contribution in [3.05, 3.63) is 144 Å². The highest BCUT2D eigenvalue weighted by molar-refractivity contribution is 5.19. The lowest BCUT2D eigenvalue weighted by Gasteiger charge is -2.32. The van der Waals surface area contributed by atoms with Crippen molar-refractivity contribution in [2.75, 3.05) is 13.7 Å². The SMILES string of the molecule is CO[C@@H]1O[C@@H](CC[C@@H]2[C@@H](OCc3ccccc3)[C@H](OCc3ccccc3)[C@@H](COCc3ccccc3)N2Cc2ccccc2)[C@H]2OC(C)(C)O[C@@H]12. The van der Waals surface area contributed by atoms with E-state index in [0.717, 1.165) is 36.1 Å². The number of nitrogens with zero attached hydrogens (tertiary/aromatic N) is 1. The van der Waals surface area contributed by atoms with Gasteiger partial charge < -0.3 is 33.2 Å². The van der Waals surface area contributed by atoms with E-state index < -0.39 is 12.1 Å². The van der Waals surface area contributed by atoms with Crippen LogP contribution in [0.15, 0.2) is 121 Å². The molecule has 3 aliphatic heterocycles. The summed E-state index contributed by atoms with van der Waals surface area (Å²) >= 11 is 0. The zero-order valence-electron chi connectivity index (χ0n) is 29.9. The molecule has 8 heteroatoms. The molecule has 0 saturated carbocycles. The molecule has 7 rings (SSSR count). The van der Waals surface area contributed by atoms with Gasteiger partial charge in [0, 0.05) is 19.7 Å². The zero-order chi connectivity index (χ0) is 35.0. The fourth-order valence-corrected chi connectivity index (χ4v) is 7.83. The highest BCUT2D eigenvalue weighted by atomic mass is 16.8. The molecule has 0 radical (unpaired) electrons. The standard InChI is InChI=1S/C43H51NO7/c1-43(2)50-40-37(49-42(45-3)41(40)51-43)25-24-35-38(47-28-33-20-12-6-13-21-33)39(48-29-34-22-14-7-15-23-34)36(30-46-27-32-18-10-5-11-19-32)44(35)26-31-16-8-4-9-17-31/h4-23,35-42H,24-30H2,1-3H3/t35-,36-,37+,38-,39-,40-,41-,42-/m1/s1. The number of methoxy groups -OCH3 is 1. The average Bonchev–Trinajstić information content (AvgIpc) is 3.75. The summed E-state index contributed by atoms with van der Waals surface area (Å²) in [5.41, 5.74) is 4.62. The van der Waals surface area contributed by atoms with E-state index in [1.807, 2.05) is 32.0 Å². The van der Waals surface area contributed by atoms with Gasteiger partial charge in [-0.3, -0.25) is 4.90 Å². The molecule has 8 nitrogen and oxygen atoms in total. The van der Waals surface area contributed by atoms with E-state index in [1.165, 1.54) is 5.56 Å². The molecule has 3 aliphatic rings. The fourth-order valence-electron chi connectivity index (χ4n) is 7.83. The van der Waals surface area contributed by atoms with Crippen molar-refractivity contribution in [2.45, 2.75) is 108 Å². The van der Waals surface area contributed by atoms with Crippen LogP contribution in [0.1, 0.15) is 48.9 Å². The van der Waals surface area contributed by atoms with E-state index in [9.17, 15) is 0 Å². The van der Waals surface area contributed by atoms with Crippen molar-refractivity contribution in [3.63, 3.8) is 0 Å². The maximum Gasteiger partial charge on any atom is 0.186 e. The van der Waals surface area contributed by atoms with Gasteiger partial charge in [0.2, 0.25) is 0 Å². The van der Waals surface area contributed by atoms with Crippen molar-refractivity contribution in [3.8, 4) is 0 Å². The Bertz CT molecular complexity index is 1610.